The molecular formula is C22H17N7O4S. The van der Waals surface area contributed by atoms with Crippen molar-refractivity contribution in [3.05, 3.63) is 72.7 Å². The second kappa shape index (κ2) is 9.58. The molecule has 0 atom stereocenters. The van der Waals surface area contributed by atoms with Crippen LogP contribution in [0.1, 0.15) is 10.4 Å². The quantitative estimate of drug-likeness (QED) is 0.387. The number of tetrazole rings is 1. The fraction of sp³-hybridized carbons (Fsp3) is 0.0909. The van der Waals surface area contributed by atoms with Gasteiger partial charge in [-0.15, -0.1) is 5.10 Å². The van der Waals surface area contributed by atoms with Crippen molar-refractivity contribution in [2.45, 2.75) is 5.03 Å². The summed E-state index contributed by atoms with van der Waals surface area (Å²) < 4.78 is 12.1. The van der Waals surface area contributed by atoms with E-state index < -0.39 is 0 Å². The van der Waals surface area contributed by atoms with Gasteiger partial charge in [0.2, 0.25) is 12.7 Å². The molecule has 0 bridgehead atoms. The Balaban J connectivity index is 1.20. The Labute approximate surface area is 197 Å². The minimum absolute atomic E-state index is 0.0758. The summed E-state index contributed by atoms with van der Waals surface area (Å²) in [5, 5.41) is 17.1. The number of thioether (sulfide) groups is 1. The Morgan fingerprint density at radius 3 is 2.65 bits per heavy atom. The molecule has 12 heteroatoms. The molecule has 3 heterocycles. The monoisotopic (exact) mass is 475 g/mol. The zero-order valence-electron chi connectivity index (χ0n) is 17.5. The van der Waals surface area contributed by atoms with Crippen molar-refractivity contribution < 1.29 is 19.1 Å². The summed E-state index contributed by atoms with van der Waals surface area (Å²) in [6.07, 6.45) is 3.06. The number of pyridine rings is 1. The number of carbonyl (C=O) groups is 2. The number of rotatable bonds is 7. The third kappa shape index (κ3) is 4.81. The van der Waals surface area contributed by atoms with Crippen molar-refractivity contribution in [1.29, 1.82) is 0 Å². The maximum atomic E-state index is 12.9. The molecule has 170 valence electrons. The second-order valence-corrected chi connectivity index (χ2v) is 7.98. The topological polar surface area (TPSA) is 133 Å². The van der Waals surface area contributed by atoms with Crippen LogP contribution in [0.25, 0.3) is 5.69 Å². The average molecular weight is 475 g/mol. The van der Waals surface area contributed by atoms with Crippen molar-refractivity contribution in [2.24, 2.45) is 0 Å². The Morgan fingerprint density at radius 2 is 1.82 bits per heavy atom. The van der Waals surface area contributed by atoms with E-state index in [-0.39, 0.29) is 24.4 Å². The molecule has 0 aliphatic carbocycles. The van der Waals surface area contributed by atoms with Crippen molar-refractivity contribution >= 4 is 35.0 Å². The number of nitrogens with one attached hydrogen (secondary N) is 2. The predicted molar refractivity (Wildman–Crippen MR) is 123 cm³/mol. The molecule has 0 radical (unpaired) electrons. The highest BCUT2D eigenvalue weighted by Gasteiger charge is 2.17. The van der Waals surface area contributed by atoms with Crippen LogP contribution in [0.15, 0.2) is 72.1 Å². The molecule has 0 fully saturated rings. The van der Waals surface area contributed by atoms with Crippen LogP contribution in [0.2, 0.25) is 0 Å². The van der Waals surface area contributed by atoms with Gasteiger partial charge in [-0.2, -0.15) is 0 Å². The van der Waals surface area contributed by atoms with Crippen LogP contribution in [-0.4, -0.2) is 49.6 Å². The highest BCUT2D eigenvalue weighted by atomic mass is 32.2. The molecule has 1 aliphatic heterocycles. The number of ether oxygens (including phenoxy) is 2. The number of hydrogen-bond donors (Lipinski definition) is 2. The first-order chi connectivity index (χ1) is 16.7. The molecule has 5 rings (SSSR count). The van der Waals surface area contributed by atoms with Gasteiger partial charge in [0.25, 0.3) is 5.91 Å². The van der Waals surface area contributed by atoms with Crippen LogP contribution < -0.4 is 20.1 Å². The van der Waals surface area contributed by atoms with Gasteiger partial charge in [-0.05, 0) is 59.0 Å². The molecular weight excluding hydrogens is 458 g/mol. The van der Waals surface area contributed by atoms with Gasteiger partial charge in [0.1, 0.15) is 11.4 Å². The molecule has 11 nitrogen and oxygen atoms in total. The SMILES string of the molecule is O=C(CSc1ncccc1C(=O)Nc1ccc(-n2cnnn2)cc1)Nc1ccc2c(c1)OCO2. The Bertz CT molecular complexity index is 1330. The van der Waals surface area contributed by atoms with E-state index in [1.165, 1.54) is 22.8 Å². The third-order valence-electron chi connectivity index (χ3n) is 4.75. The molecule has 1 aliphatic rings. The largest absolute Gasteiger partial charge is 0.454 e. The van der Waals surface area contributed by atoms with Crippen molar-refractivity contribution in [3.8, 4) is 17.2 Å². The van der Waals surface area contributed by atoms with Gasteiger partial charge in [0.05, 0.1) is 17.0 Å². The van der Waals surface area contributed by atoms with Crippen molar-refractivity contribution in [3.63, 3.8) is 0 Å². The van der Waals surface area contributed by atoms with E-state index in [0.717, 1.165) is 5.69 Å². The number of hydrogen-bond acceptors (Lipinski definition) is 9. The fourth-order valence-corrected chi connectivity index (χ4v) is 3.95. The van der Waals surface area contributed by atoms with Crippen LogP contribution in [-0.2, 0) is 4.79 Å². The summed E-state index contributed by atoms with van der Waals surface area (Å²) in [6, 6.07) is 15.6. The van der Waals surface area contributed by atoms with E-state index in [2.05, 4.69) is 31.1 Å². The highest BCUT2D eigenvalue weighted by Crippen LogP contribution is 2.34. The molecule has 2 aromatic carbocycles. The van der Waals surface area contributed by atoms with Gasteiger partial charge in [0.15, 0.2) is 11.5 Å². The van der Waals surface area contributed by atoms with E-state index in [4.69, 9.17) is 9.47 Å². The minimum atomic E-state index is -0.332. The van der Waals surface area contributed by atoms with E-state index >= 15 is 0 Å². The van der Waals surface area contributed by atoms with Gasteiger partial charge < -0.3 is 20.1 Å². The smallest absolute Gasteiger partial charge is 0.258 e. The van der Waals surface area contributed by atoms with Gasteiger partial charge in [0, 0.05) is 23.6 Å². The van der Waals surface area contributed by atoms with Gasteiger partial charge in [-0.1, -0.05) is 11.8 Å². The van der Waals surface area contributed by atoms with Crippen LogP contribution in [0, 0.1) is 0 Å². The molecule has 0 unspecified atom stereocenters. The first kappa shape index (κ1) is 21.4. The lowest BCUT2D eigenvalue weighted by atomic mass is 10.2. The Hall–Kier alpha value is -4.45. The van der Waals surface area contributed by atoms with Gasteiger partial charge in [-0.25, -0.2) is 9.67 Å². The number of carbonyl (C=O) groups excluding carboxylic acids is 2. The summed E-state index contributed by atoms with van der Waals surface area (Å²) in [5.41, 5.74) is 2.32. The van der Waals surface area contributed by atoms with Crippen molar-refractivity contribution in [2.75, 3.05) is 23.2 Å². The number of nitrogens with zero attached hydrogens (tertiary/aromatic N) is 5. The molecule has 0 saturated heterocycles. The molecule has 34 heavy (non-hydrogen) atoms. The normalized spacial score (nSPS) is 11.8. The number of anilines is 2. The van der Waals surface area contributed by atoms with Crippen molar-refractivity contribution in [1.82, 2.24) is 25.2 Å². The van der Waals surface area contributed by atoms with Crippen LogP contribution in [0.4, 0.5) is 11.4 Å². The number of aromatic nitrogens is 5. The first-order valence-electron chi connectivity index (χ1n) is 10.1. The highest BCUT2D eigenvalue weighted by molar-refractivity contribution is 8.00. The zero-order valence-corrected chi connectivity index (χ0v) is 18.4. The fourth-order valence-electron chi connectivity index (χ4n) is 3.16. The summed E-state index contributed by atoms with van der Waals surface area (Å²) in [7, 11) is 0. The molecule has 2 aromatic heterocycles. The molecule has 2 amide bonds. The van der Waals surface area contributed by atoms with Crippen LogP contribution in [0.5, 0.6) is 11.5 Å². The zero-order chi connectivity index (χ0) is 23.3. The third-order valence-corrected chi connectivity index (χ3v) is 5.76. The number of amides is 2. The Kier molecular flexibility index (Phi) is 6.03. The number of benzene rings is 2. The predicted octanol–water partition coefficient (Wildman–Crippen LogP) is 2.77. The maximum absolute atomic E-state index is 12.9. The van der Waals surface area contributed by atoms with E-state index in [1.54, 1.807) is 60.8 Å². The second-order valence-electron chi connectivity index (χ2n) is 7.02. The van der Waals surface area contributed by atoms with E-state index in [0.29, 0.717) is 33.5 Å². The summed E-state index contributed by atoms with van der Waals surface area (Å²) in [6.45, 7) is 0.163. The van der Waals surface area contributed by atoms with Crippen LogP contribution >= 0.6 is 11.8 Å². The average Bonchev–Trinajstić information content (AvgIpc) is 3.55. The Morgan fingerprint density at radius 1 is 1.00 bits per heavy atom. The summed E-state index contributed by atoms with van der Waals surface area (Å²) >= 11 is 1.17. The summed E-state index contributed by atoms with van der Waals surface area (Å²) in [4.78, 5) is 29.6. The van der Waals surface area contributed by atoms with E-state index in [1.807, 2.05) is 0 Å². The number of fused-ring (bicyclic) bond motifs is 1. The standard InChI is InChI=1S/C22H17N7O4S/c30-20(25-15-5-8-18-19(10-15)33-13-32-18)11-34-22-17(2-1-9-23-22)21(31)26-14-3-6-16(7-4-14)29-12-24-27-28-29/h1-10,12H,11,13H2,(H,25,30)(H,26,31). The lowest BCUT2D eigenvalue weighted by Crippen LogP contribution is -2.16. The molecule has 0 saturated carbocycles. The lowest BCUT2D eigenvalue weighted by molar-refractivity contribution is -0.113. The summed E-state index contributed by atoms with van der Waals surface area (Å²) in [5.74, 6) is 0.731. The lowest BCUT2D eigenvalue weighted by Gasteiger charge is -2.10. The maximum Gasteiger partial charge on any atom is 0.258 e. The first-order valence-corrected chi connectivity index (χ1v) is 11.1. The van der Waals surface area contributed by atoms with E-state index in [9.17, 15) is 9.59 Å². The van der Waals surface area contributed by atoms with Crippen LogP contribution in [0.3, 0.4) is 0 Å². The minimum Gasteiger partial charge on any atom is -0.454 e. The van der Waals surface area contributed by atoms with Gasteiger partial charge in [-0.3, -0.25) is 9.59 Å². The molecule has 4 aromatic rings. The molecule has 2 N–H and O–H groups in total. The molecule has 0 spiro atoms. The van der Waals surface area contributed by atoms with Gasteiger partial charge >= 0.3 is 0 Å².